The summed E-state index contributed by atoms with van der Waals surface area (Å²) in [5.74, 6) is -3.29. The van der Waals surface area contributed by atoms with Crippen molar-refractivity contribution >= 4 is 23.5 Å². The number of benzene rings is 2. The quantitative estimate of drug-likeness (QED) is 0.805. The molecule has 0 atom stereocenters. The predicted octanol–water partition coefficient (Wildman–Crippen LogP) is 2.95. The molecule has 6 heteroatoms. The molecule has 0 bridgehead atoms. The third kappa shape index (κ3) is 3.37. The zero-order chi connectivity index (χ0) is 17.1. The number of aromatic carboxylic acids is 2. The van der Waals surface area contributed by atoms with Crippen LogP contribution in [-0.2, 0) is 0 Å². The molecule has 0 saturated carbocycles. The lowest BCUT2D eigenvalue weighted by atomic mass is 10.0. The lowest BCUT2D eigenvalue weighted by molar-refractivity contribution is 0.0652. The molecular formula is C17H15NO5. The Morgan fingerprint density at radius 2 is 1.61 bits per heavy atom. The van der Waals surface area contributed by atoms with Crippen LogP contribution in [0.15, 0.2) is 36.4 Å². The number of nitrogens with one attached hydrogen (secondary N) is 1. The molecule has 118 valence electrons. The fourth-order valence-electron chi connectivity index (χ4n) is 2.14. The smallest absolute Gasteiger partial charge is 0.338 e. The summed E-state index contributed by atoms with van der Waals surface area (Å²) >= 11 is 0. The van der Waals surface area contributed by atoms with Crippen LogP contribution < -0.4 is 5.32 Å². The summed E-state index contributed by atoms with van der Waals surface area (Å²) in [6.07, 6.45) is 0. The number of carboxylic acids is 2. The maximum absolute atomic E-state index is 12.3. The molecule has 2 aromatic carbocycles. The number of anilines is 1. The van der Waals surface area contributed by atoms with Gasteiger partial charge in [0.25, 0.3) is 5.91 Å². The predicted molar refractivity (Wildman–Crippen MR) is 84.2 cm³/mol. The van der Waals surface area contributed by atoms with Crippen molar-refractivity contribution in [2.75, 3.05) is 5.32 Å². The first-order valence-electron chi connectivity index (χ1n) is 6.79. The van der Waals surface area contributed by atoms with Crippen LogP contribution in [0.25, 0.3) is 0 Å². The molecule has 2 aromatic rings. The molecule has 0 aliphatic heterocycles. The maximum Gasteiger partial charge on any atom is 0.338 e. The third-order valence-electron chi connectivity index (χ3n) is 3.53. The van der Waals surface area contributed by atoms with E-state index in [1.807, 2.05) is 13.8 Å². The van der Waals surface area contributed by atoms with Gasteiger partial charge in [-0.15, -0.1) is 0 Å². The SMILES string of the molecule is Cc1ccc(C(=O)Nc2cccc(C(=O)O)c2C(=O)O)cc1C. The summed E-state index contributed by atoms with van der Waals surface area (Å²) in [6, 6.07) is 9.01. The zero-order valence-electron chi connectivity index (χ0n) is 12.6. The Hall–Kier alpha value is -3.15. The number of rotatable bonds is 4. The summed E-state index contributed by atoms with van der Waals surface area (Å²) in [7, 11) is 0. The second-order valence-corrected chi connectivity index (χ2v) is 5.09. The van der Waals surface area contributed by atoms with Gasteiger partial charge in [-0.2, -0.15) is 0 Å². The average Bonchev–Trinajstić information content (AvgIpc) is 2.49. The van der Waals surface area contributed by atoms with Gasteiger partial charge in [-0.05, 0) is 49.2 Å². The van der Waals surface area contributed by atoms with E-state index >= 15 is 0 Å². The fraction of sp³-hybridized carbons (Fsp3) is 0.118. The Morgan fingerprint density at radius 1 is 0.913 bits per heavy atom. The standard InChI is InChI=1S/C17H15NO5/c1-9-6-7-11(8-10(9)2)15(19)18-13-5-3-4-12(16(20)21)14(13)17(22)23/h3-8H,1-2H3,(H,18,19)(H,20,21)(H,22,23). The van der Waals surface area contributed by atoms with Gasteiger partial charge in [0.05, 0.1) is 16.8 Å². The molecule has 0 aromatic heterocycles. The normalized spacial score (nSPS) is 10.2. The number of amides is 1. The van der Waals surface area contributed by atoms with Crippen molar-refractivity contribution in [1.29, 1.82) is 0 Å². The minimum Gasteiger partial charge on any atom is -0.478 e. The second-order valence-electron chi connectivity index (χ2n) is 5.09. The van der Waals surface area contributed by atoms with Gasteiger partial charge in [-0.3, -0.25) is 4.79 Å². The van der Waals surface area contributed by atoms with E-state index in [9.17, 15) is 19.5 Å². The summed E-state index contributed by atoms with van der Waals surface area (Å²) in [6.45, 7) is 3.77. The molecule has 3 N–H and O–H groups in total. The van der Waals surface area contributed by atoms with Crippen molar-refractivity contribution in [1.82, 2.24) is 0 Å². The molecule has 0 saturated heterocycles. The molecule has 0 radical (unpaired) electrons. The topological polar surface area (TPSA) is 104 Å². The minimum absolute atomic E-state index is 0.0550. The molecule has 0 aliphatic carbocycles. The van der Waals surface area contributed by atoms with Crippen LogP contribution in [0, 0.1) is 13.8 Å². The number of hydrogen-bond donors (Lipinski definition) is 3. The van der Waals surface area contributed by atoms with Crippen LogP contribution in [-0.4, -0.2) is 28.1 Å². The number of carboxylic acid groups (broad SMARTS) is 2. The van der Waals surface area contributed by atoms with Crippen LogP contribution in [0.3, 0.4) is 0 Å². The number of aryl methyl sites for hydroxylation is 2. The van der Waals surface area contributed by atoms with E-state index in [0.29, 0.717) is 5.56 Å². The summed E-state index contributed by atoms with van der Waals surface area (Å²) < 4.78 is 0. The van der Waals surface area contributed by atoms with Crippen molar-refractivity contribution < 1.29 is 24.6 Å². The van der Waals surface area contributed by atoms with Crippen molar-refractivity contribution in [2.45, 2.75) is 13.8 Å². The van der Waals surface area contributed by atoms with E-state index < -0.39 is 23.4 Å². The fourth-order valence-corrected chi connectivity index (χ4v) is 2.14. The molecule has 0 aliphatic rings. The van der Waals surface area contributed by atoms with E-state index in [1.165, 1.54) is 18.2 Å². The van der Waals surface area contributed by atoms with Crippen LogP contribution in [0.1, 0.15) is 42.2 Å². The first-order chi connectivity index (χ1) is 10.8. The summed E-state index contributed by atoms with van der Waals surface area (Å²) in [4.78, 5) is 34.8. The molecule has 1 amide bonds. The first-order valence-corrected chi connectivity index (χ1v) is 6.79. The van der Waals surface area contributed by atoms with Crippen LogP contribution >= 0.6 is 0 Å². The van der Waals surface area contributed by atoms with E-state index in [0.717, 1.165) is 11.1 Å². The highest BCUT2D eigenvalue weighted by molar-refractivity contribution is 6.11. The molecular weight excluding hydrogens is 298 g/mol. The monoisotopic (exact) mass is 313 g/mol. The third-order valence-corrected chi connectivity index (χ3v) is 3.53. The van der Waals surface area contributed by atoms with Crippen molar-refractivity contribution in [3.05, 3.63) is 64.2 Å². The molecule has 0 fully saturated rings. The maximum atomic E-state index is 12.3. The van der Waals surface area contributed by atoms with Crippen molar-refractivity contribution in [2.24, 2.45) is 0 Å². The molecule has 0 unspecified atom stereocenters. The number of carbonyl (C=O) groups is 3. The molecule has 0 heterocycles. The first kappa shape index (κ1) is 16.2. The van der Waals surface area contributed by atoms with Gasteiger partial charge in [-0.25, -0.2) is 9.59 Å². The van der Waals surface area contributed by atoms with Crippen molar-refractivity contribution in [3.8, 4) is 0 Å². The van der Waals surface area contributed by atoms with Gasteiger partial charge in [0, 0.05) is 5.56 Å². The highest BCUT2D eigenvalue weighted by atomic mass is 16.4. The lowest BCUT2D eigenvalue weighted by Gasteiger charge is -2.11. The largest absolute Gasteiger partial charge is 0.478 e. The molecule has 0 spiro atoms. The van der Waals surface area contributed by atoms with Crippen LogP contribution in [0.5, 0.6) is 0 Å². The van der Waals surface area contributed by atoms with E-state index in [-0.39, 0.29) is 11.3 Å². The Balaban J connectivity index is 2.41. The minimum atomic E-state index is -1.42. The number of hydrogen-bond acceptors (Lipinski definition) is 3. The Morgan fingerprint density at radius 3 is 2.17 bits per heavy atom. The van der Waals surface area contributed by atoms with Gasteiger partial charge in [0.2, 0.25) is 0 Å². The highest BCUT2D eigenvalue weighted by Gasteiger charge is 2.21. The van der Waals surface area contributed by atoms with Crippen molar-refractivity contribution in [3.63, 3.8) is 0 Å². The van der Waals surface area contributed by atoms with Gasteiger partial charge in [0.1, 0.15) is 0 Å². The summed E-state index contributed by atoms with van der Waals surface area (Å²) in [5, 5.41) is 20.8. The van der Waals surface area contributed by atoms with E-state index in [2.05, 4.69) is 5.32 Å². The lowest BCUT2D eigenvalue weighted by Crippen LogP contribution is -2.17. The zero-order valence-corrected chi connectivity index (χ0v) is 12.6. The van der Waals surface area contributed by atoms with Gasteiger partial charge >= 0.3 is 11.9 Å². The van der Waals surface area contributed by atoms with Gasteiger partial charge < -0.3 is 15.5 Å². The number of carbonyl (C=O) groups excluding carboxylic acids is 1. The molecule has 2 rings (SSSR count). The Kier molecular flexibility index (Phi) is 4.45. The molecule has 6 nitrogen and oxygen atoms in total. The van der Waals surface area contributed by atoms with Crippen LogP contribution in [0.2, 0.25) is 0 Å². The molecule has 23 heavy (non-hydrogen) atoms. The second kappa shape index (κ2) is 6.31. The Bertz CT molecular complexity index is 811. The van der Waals surface area contributed by atoms with E-state index in [1.54, 1.807) is 18.2 Å². The van der Waals surface area contributed by atoms with Gasteiger partial charge in [0.15, 0.2) is 0 Å². The Labute approximate surface area is 132 Å². The van der Waals surface area contributed by atoms with E-state index in [4.69, 9.17) is 5.11 Å². The van der Waals surface area contributed by atoms with Crippen LogP contribution in [0.4, 0.5) is 5.69 Å². The average molecular weight is 313 g/mol. The highest BCUT2D eigenvalue weighted by Crippen LogP contribution is 2.21. The summed E-state index contributed by atoms with van der Waals surface area (Å²) in [5.41, 5.74) is 1.44. The van der Waals surface area contributed by atoms with Gasteiger partial charge in [-0.1, -0.05) is 12.1 Å².